The minimum atomic E-state index is -0.193. The van der Waals surface area contributed by atoms with Crippen molar-refractivity contribution in [3.05, 3.63) is 54.1 Å². The second-order valence-electron chi connectivity index (χ2n) is 5.42. The molecular weight excluding hydrogens is 354 g/mol. The molecule has 0 saturated carbocycles. The first-order chi connectivity index (χ1) is 12.2. The van der Waals surface area contributed by atoms with E-state index in [1.54, 1.807) is 35.6 Å². The maximum Gasteiger partial charge on any atom is 0.319 e. The predicted octanol–water partition coefficient (Wildman–Crippen LogP) is 4.01. The van der Waals surface area contributed by atoms with Crippen LogP contribution >= 0.6 is 23.1 Å². The van der Waals surface area contributed by atoms with Crippen LogP contribution in [0.5, 0.6) is 0 Å². The van der Waals surface area contributed by atoms with Crippen molar-refractivity contribution in [2.45, 2.75) is 29.1 Å². The van der Waals surface area contributed by atoms with Gasteiger partial charge in [0.05, 0.1) is 6.33 Å². The van der Waals surface area contributed by atoms with Gasteiger partial charge in [0, 0.05) is 47.1 Å². The summed E-state index contributed by atoms with van der Waals surface area (Å²) in [6.07, 6.45) is 6.28. The molecule has 0 atom stereocenters. The van der Waals surface area contributed by atoms with Crippen molar-refractivity contribution in [3.8, 4) is 0 Å². The Morgan fingerprint density at radius 2 is 2.16 bits per heavy atom. The third kappa shape index (κ3) is 5.61. The summed E-state index contributed by atoms with van der Waals surface area (Å²) in [5.41, 5.74) is 1.81. The minimum Gasteiger partial charge on any atom is -0.338 e. The van der Waals surface area contributed by atoms with Gasteiger partial charge in [-0.25, -0.2) is 14.8 Å². The van der Waals surface area contributed by atoms with Gasteiger partial charge in [-0.15, -0.1) is 11.3 Å². The number of anilines is 1. The summed E-state index contributed by atoms with van der Waals surface area (Å²) in [7, 11) is 0. The number of imidazole rings is 1. The molecule has 0 aliphatic heterocycles. The molecule has 0 saturated heterocycles. The molecule has 130 valence electrons. The second-order valence-corrected chi connectivity index (χ2v) is 7.59. The highest BCUT2D eigenvalue weighted by atomic mass is 32.2. The van der Waals surface area contributed by atoms with Crippen LogP contribution < -0.4 is 10.6 Å². The molecule has 1 aromatic carbocycles. The summed E-state index contributed by atoms with van der Waals surface area (Å²) in [6.45, 7) is 3.44. The molecule has 3 rings (SSSR count). The zero-order chi connectivity index (χ0) is 17.5. The predicted molar refractivity (Wildman–Crippen MR) is 101 cm³/mol. The zero-order valence-corrected chi connectivity index (χ0v) is 15.4. The standard InChI is InChI=1S/C17H19N5OS2/c1-13-11-24-17(20-13)25-15-5-3-14(4-6-15)21-16(23)19-7-2-9-22-10-8-18-12-22/h3-6,8,10-12H,2,7,9H2,1H3,(H2,19,21,23). The first-order valence-corrected chi connectivity index (χ1v) is 9.59. The van der Waals surface area contributed by atoms with Crippen LogP contribution in [0.25, 0.3) is 0 Å². The van der Waals surface area contributed by atoms with E-state index in [0.29, 0.717) is 6.54 Å². The minimum absolute atomic E-state index is 0.193. The fraction of sp³-hybridized carbons (Fsp3) is 0.235. The van der Waals surface area contributed by atoms with Crippen LogP contribution in [-0.4, -0.2) is 27.1 Å². The topological polar surface area (TPSA) is 71.8 Å². The number of aromatic nitrogens is 3. The quantitative estimate of drug-likeness (QED) is 0.614. The Labute approximate surface area is 154 Å². The van der Waals surface area contributed by atoms with Crippen molar-refractivity contribution in [3.63, 3.8) is 0 Å². The number of carbonyl (C=O) groups is 1. The Balaban J connectivity index is 1.40. The maximum atomic E-state index is 11.9. The monoisotopic (exact) mass is 373 g/mol. The van der Waals surface area contributed by atoms with Crippen LogP contribution in [0.4, 0.5) is 10.5 Å². The Morgan fingerprint density at radius 3 is 2.84 bits per heavy atom. The second kappa shape index (κ2) is 8.68. The number of carbonyl (C=O) groups excluding carboxylic acids is 1. The van der Waals surface area contributed by atoms with Crippen molar-refractivity contribution >= 4 is 34.8 Å². The molecule has 0 bridgehead atoms. The van der Waals surface area contributed by atoms with Crippen LogP contribution in [0.15, 0.2) is 57.6 Å². The SMILES string of the molecule is Cc1csc(Sc2ccc(NC(=O)NCCCn3ccnc3)cc2)n1. The van der Waals surface area contributed by atoms with Gasteiger partial charge in [0.15, 0.2) is 4.34 Å². The summed E-state index contributed by atoms with van der Waals surface area (Å²) in [5, 5.41) is 7.73. The number of hydrogen-bond donors (Lipinski definition) is 2. The van der Waals surface area contributed by atoms with Crippen LogP contribution in [0.1, 0.15) is 12.1 Å². The first-order valence-electron chi connectivity index (χ1n) is 7.90. The molecular formula is C17H19N5OS2. The van der Waals surface area contributed by atoms with Crippen molar-refractivity contribution < 1.29 is 4.79 Å². The third-order valence-electron chi connectivity index (χ3n) is 3.35. The first kappa shape index (κ1) is 17.5. The summed E-state index contributed by atoms with van der Waals surface area (Å²) >= 11 is 3.26. The summed E-state index contributed by atoms with van der Waals surface area (Å²) in [6, 6.07) is 7.56. The van der Waals surface area contributed by atoms with Gasteiger partial charge in [0.2, 0.25) is 0 Å². The molecule has 0 aliphatic carbocycles. The largest absolute Gasteiger partial charge is 0.338 e. The molecule has 2 N–H and O–H groups in total. The van der Waals surface area contributed by atoms with E-state index in [2.05, 4.69) is 20.6 Å². The molecule has 2 aromatic heterocycles. The Bertz CT molecular complexity index is 799. The highest BCUT2D eigenvalue weighted by Crippen LogP contribution is 2.30. The van der Waals surface area contributed by atoms with Gasteiger partial charge in [-0.05, 0) is 37.6 Å². The van der Waals surface area contributed by atoms with Crippen molar-refractivity contribution in [2.24, 2.45) is 0 Å². The average molecular weight is 374 g/mol. The van der Waals surface area contributed by atoms with E-state index in [4.69, 9.17) is 0 Å². The molecule has 8 heteroatoms. The molecule has 2 amide bonds. The lowest BCUT2D eigenvalue weighted by atomic mass is 10.3. The molecule has 0 radical (unpaired) electrons. The fourth-order valence-corrected chi connectivity index (χ4v) is 3.95. The lowest BCUT2D eigenvalue weighted by Gasteiger charge is -2.08. The van der Waals surface area contributed by atoms with E-state index in [1.165, 1.54) is 0 Å². The Hall–Kier alpha value is -2.32. The number of rotatable bonds is 7. The number of hydrogen-bond acceptors (Lipinski definition) is 5. The van der Waals surface area contributed by atoms with Gasteiger partial charge in [0.25, 0.3) is 0 Å². The molecule has 0 unspecified atom stereocenters. The molecule has 0 spiro atoms. The number of benzene rings is 1. The van der Waals surface area contributed by atoms with E-state index in [9.17, 15) is 4.79 Å². The van der Waals surface area contributed by atoms with Gasteiger partial charge < -0.3 is 15.2 Å². The van der Waals surface area contributed by atoms with Gasteiger partial charge in [-0.1, -0.05) is 11.8 Å². The average Bonchev–Trinajstić information content (AvgIpc) is 3.25. The fourth-order valence-electron chi connectivity index (χ4n) is 2.14. The normalized spacial score (nSPS) is 10.6. The van der Waals surface area contributed by atoms with Gasteiger partial charge in [-0.2, -0.15) is 0 Å². The highest BCUT2D eigenvalue weighted by molar-refractivity contribution is 8.01. The number of amides is 2. The van der Waals surface area contributed by atoms with Gasteiger partial charge in [0.1, 0.15) is 0 Å². The van der Waals surface area contributed by atoms with E-state index in [-0.39, 0.29) is 6.03 Å². The molecule has 0 aliphatic rings. The van der Waals surface area contributed by atoms with E-state index >= 15 is 0 Å². The Kier molecular flexibility index (Phi) is 6.08. The van der Waals surface area contributed by atoms with Crippen LogP contribution in [0, 0.1) is 6.92 Å². The van der Waals surface area contributed by atoms with E-state index in [0.717, 1.165) is 33.6 Å². The van der Waals surface area contributed by atoms with Crippen molar-refractivity contribution in [1.29, 1.82) is 0 Å². The maximum absolute atomic E-state index is 11.9. The molecule has 3 aromatic rings. The smallest absolute Gasteiger partial charge is 0.319 e. The van der Waals surface area contributed by atoms with Crippen molar-refractivity contribution in [1.82, 2.24) is 19.9 Å². The molecule has 2 heterocycles. The van der Waals surface area contributed by atoms with Gasteiger partial charge >= 0.3 is 6.03 Å². The summed E-state index contributed by atoms with van der Waals surface area (Å²) in [4.78, 5) is 21.4. The van der Waals surface area contributed by atoms with Crippen molar-refractivity contribution in [2.75, 3.05) is 11.9 Å². The number of nitrogens with one attached hydrogen (secondary N) is 2. The highest BCUT2D eigenvalue weighted by Gasteiger charge is 2.04. The van der Waals surface area contributed by atoms with E-state index < -0.39 is 0 Å². The molecule has 6 nitrogen and oxygen atoms in total. The third-order valence-corrected chi connectivity index (χ3v) is 5.42. The number of thiazole rings is 1. The van der Waals surface area contributed by atoms with Gasteiger partial charge in [-0.3, -0.25) is 0 Å². The zero-order valence-electron chi connectivity index (χ0n) is 13.8. The summed E-state index contributed by atoms with van der Waals surface area (Å²) < 4.78 is 3.01. The van der Waals surface area contributed by atoms with Crippen LogP contribution in [0.2, 0.25) is 0 Å². The lowest BCUT2D eigenvalue weighted by Crippen LogP contribution is -2.29. The van der Waals surface area contributed by atoms with Crippen LogP contribution in [0.3, 0.4) is 0 Å². The lowest BCUT2D eigenvalue weighted by molar-refractivity contribution is 0.252. The van der Waals surface area contributed by atoms with E-state index in [1.807, 2.05) is 47.3 Å². The summed E-state index contributed by atoms with van der Waals surface area (Å²) in [5.74, 6) is 0. The molecule has 0 fully saturated rings. The van der Waals surface area contributed by atoms with Crippen LogP contribution in [-0.2, 0) is 6.54 Å². The molecule has 25 heavy (non-hydrogen) atoms. The number of urea groups is 1. The number of nitrogens with zero attached hydrogens (tertiary/aromatic N) is 3. The number of aryl methyl sites for hydroxylation is 2. The Morgan fingerprint density at radius 1 is 1.32 bits per heavy atom.